The second-order valence-corrected chi connectivity index (χ2v) is 6.18. The van der Waals surface area contributed by atoms with E-state index in [2.05, 4.69) is 34.9 Å². The molecule has 1 aromatic rings. The monoisotopic (exact) mass is 272 g/mol. The molecule has 0 bridgehead atoms. The first-order valence-electron chi connectivity index (χ1n) is 7.88. The van der Waals surface area contributed by atoms with Crippen LogP contribution in [0.3, 0.4) is 0 Å². The molecule has 3 rings (SSSR count). The Balaban J connectivity index is 1.38. The lowest BCUT2D eigenvalue weighted by Crippen LogP contribution is -2.32. The zero-order valence-electron chi connectivity index (χ0n) is 12.0. The maximum absolute atomic E-state index is 12.0. The molecule has 1 amide bonds. The molecule has 3 heteroatoms. The van der Waals surface area contributed by atoms with E-state index in [9.17, 15) is 4.79 Å². The number of carbonyl (C=O) groups excluding carboxylic acids is 1. The number of amides is 1. The lowest BCUT2D eigenvalue weighted by atomic mass is 9.94. The van der Waals surface area contributed by atoms with E-state index in [4.69, 9.17) is 0 Å². The first kappa shape index (κ1) is 13.6. The average molecular weight is 272 g/mol. The fourth-order valence-electron chi connectivity index (χ4n) is 3.21. The van der Waals surface area contributed by atoms with Crippen LogP contribution in [-0.4, -0.2) is 25.0 Å². The lowest BCUT2D eigenvalue weighted by Gasteiger charge is -2.22. The van der Waals surface area contributed by atoms with E-state index in [0.717, 1.165) is 25.9 Å². The molecule has 3 atom stereocenters. The van der Waals surface area contributed by atoms with E-state index in [0.29, 0.717) is 24.3 Å². The van der Waals surface area contributed by atoms with Gasteiger partial charge in [0.1, 0.15) is 0 Å². The molecule has 0 spiro atoms. The predicted octanol–water partition coefficient (Wildman–Crippen LogP) is 2.44. The highest BCUT2D eigenvalue weighted by molar-refractivity contribution is 5.76. The Morgan fingerprint density at radius 1 is 1.30 bits per heavy atom. The van der Waals surface area contributed by atoms with Crippen LogP contribution in [0.2, 0.25) is 0 Å². The normalized spacial score (nSPS) is 28.9. The van der Waals surface area contributed by atoms with Crippen LogP contribution >= 0.6 is 0 Å². The molecule has 3 unspecified atom stereocenters. The number of carbonyl (C=O) groups is 1. The Morgan fingerprint density at radius 2 is 2.15 bits per heavy atom. The summed E-state index contributed by atoms with van der Waals surface area (Å²) in [4.78, 5) is 12.0. The molecule has 1 aliphatic carbocycles. The first-order chi connectivity index (χ1) is 9.83. The minimum Gasteiger partial charge on any atom is -0.353 e. The van der Waals surface area contributed by atoms with Crippen LogP contribution in [0.4, 0.5) is 0 Å². The largest absolute Gasteiger partial charge is 0.353 e. The summed E-state index contributed by atoms with van der Waals surface area (Å²) in [5.41, 5.74) is 1.36. The third-order valence-corrected chi connectivity index (χ3v) is 4.54. The highest BCUT2D eigenvalue weighted by Gasteiger charge is 2.39. The Hall–Kier alpha value is -1.35. The molecule has 1 saturated heterocycles. The summed E-state index contributed by atoms with van der Waals surface area (Å²) in [6.07, 6.45) is 5.34. The van der Waals surface area contributed by atoms with Gasteiger partial charge in [0.2, 0.25) is 5.91 Å². The van der Waals surface area contributed by atoms with Crippen molar-refractivity contribution in [3.63, 3.8) is 0 Å². The second-order valence-electron chi connectivity index (χ2n) is 6.18. The molecule has 1 aromatic carbocycles. The molecular formula is C17H24N2O. The summed E-state index contributed by atoms with van der Waals surface area (Å²) < 4.78 is 0. The summed E-state index contributed by atoms with van der Waals surface area (Å²) in [6.45, 7) is 2.23. The minimum absolute atomic E-state index is 0.235. The quantitative estimate of drug-likeness (QED) is 0.864. The van der Waals surface area contributed by atoms with Crippen molar-refractivity contribution in [2.45, 2.75) is 44.1 Å². The van der Waals surface area contributed by atoms with E-state index in [-0.39, 0.29) is 5.91 Å². The number of benzene rings is 1. The lowest BCUT2D eigenvalue weighted by molar-refractivity contribution is -0.121. The van der Waals surface area contributed by atoms with Crippen LogP contribution in [0.15, 0.2) is 30.3 Å². The van der Waals surface area contributed by atoms with E-state index < -0.39 is 0 Å². The number of rotatable bonds is 5. The van der Waals surface area contributed by atoms with E-state index in [1.807, 2.05) is 6.07 Å². The van der Waals surface area contributed by atoms with Gasteiger partial charge < -0.3 is 10.6 Å². The van der Waals surface area contributed by atoms with Crippen LogP contribution in [0.1, 0.15) is 43.6 Å². The van der Waals surface area contributed by atoms with Crippen molar-refractivity contribution in [2.75, 3.05) is 13.1 Å². The third-order valence-electron chi connectivity index (χ3n) is 4.54. The van der Waals surface area contributed by atoms with Gasteiger partial charge in [-0.25, -0.2) is 0 Å². The van der Waals surface area contributed by atoms with Gasteiger partial charge in [0.05, 0.1) is 0 Å². The van der Waals surface area contributed by atoms with Gasteiger partial charge >= 0.3 is 0 Å². The zero-order chi connectivity index (χ0) is 13.8. The third kappa shape index (κ3) is 3.60. The molecule has 1 saturated carbocycles. The van der Waals surface area contributed by atoms with Crippen molar-refractivity contribution in [3.8, 4) is 0 Å². The van der Waals surface area contributed by atoms with Crippen molar-refractivity contribution >= 4 is 5.91 Å². The summed E-state index contributed by atoms with van der Waals surface area (Å²) in [5.74, 6) is 1.47. The van der Waals surface area contributed by atoms with Crippen LogP contribution in [0.5, 0.6) is 0 Å². The fraction of sp³-hybridized carbons (Fsp3) is 0.588. The molecule has 108 valence electrons. The molecule has 0 radical (unpaired) electrons. The molecule has 1 aliphatic heterocycles. The minimum atomic E-state index is 0.235. The standard InChI is InChI=1S/C17H24N2O/c20-17(9-8-13-5-4-10-18-12-13)19-16-11-15(16)14-6-2-1-3-7-14/h1-3,6-7,13,15-16,18H,4-5,8-12H2,(H,19,20). The highest BCUT2D eigenvalue weighted by atomic mass is 16.1. The van der Waals surface area contributed by atoms with Gasteiger partial charge in [0, 0.05) is 18.4 Å². The Kier molecular flexibility index (Phi) is 4.36. The van der Waals surface area contributed by atoms with Gasteiger partial charge in [-0.1, -0.05) is 30.3 Å². The van der Waals surface area contributed by atoms with Gasteiger partial charge in [0.15, 0.2) is 0 Å². The first-order valence-corrected chi connectivity index (χ1v) is 7.88. The SMILES string of the molecule is O=C(CCC1CCCNC1)NC1CC1c1ccccc1. The van der Waals surface area contributed by atoms with E-state index >= 15 is 0 Å². The van der Waals surface area contributed by atoms with Crippen LogP contribution in [-0.2, 0) is 4.79 Å². The fourth-order valence-corrected chi connectivity index (χ4v) is 3.21. The molecule has 3 nitrogen and oxygen atoms in total. The predicted molar refractivity (Wildman–Crippen MR) is 80.6 cm³/mol. The number of piperidine rings is 1. The van der Waals surface area contributed by atoms with Gasteiger partial charge in [-0.15, -0.1) is 0 Å². The van der Waals surface area contributed by atoms with Crippen LogP contribution < -0.4 is 10.6 Å². The molecule has 20 heavy (non-hydrogen) atoms. The average Bonchev–Trinajstić information content (AvgIpc) is 3.26. The molecule has 0 aromatic heterocycles. The summed E-state index contributed by atoms with van der Waals surface area (Å²) in [6, 6.07) is 10.9. The Labute approximate surface area is 121 Å². The summed E-state index contributed by atoms with van der Waals surface area (Å²) >= 11 is 0. The van der Waals surface area contributed by atoms with Gasteiger partial charge in [-0.3, -0.25) is 4.79 Å². The maximum atomic E-state index is 12.0. The zero-order valence-corrected chi connectivity index (χ0v) is 12.0. The maximum Gasteiger partial charge on any atom is 0.220 e. The van der Waals surface area contributed by atoms with Crippen molar-refractivity contribution < 1.29 is 4.79 Å². The number of hydrogen-bond donors (Lipinski definition) is 2. The van der Waals surface area contributed by atoms with Crippen molar-refractivity contribution in [2.24, 2.45) is 5.92 Å². The van der Waals surface area contributed by atoms with Gasteiger partial charge in [-0.2, -0.15) is 0 Å². The summed E-state index contributed by atoms with van der Waals surface area (Å²) in [5, 5.41) is 6.59. The van der Waals surface area contributed by atoms with Crippen LogP contribution in [0, 0.1) is 5.92 Å². The van der Waals surface area contributed by atoms with Crippen molar-refractivity contribution in [3.05, 3.63) is 35.9 Å². The smallest absolute Gasteiger partial charge is 0.220 e. The summed E-state index contributed by atoms with van der Waals surface area (Å²) in [7, 11) is 0. The van der Waals surface area contributed by atoms with Crippen LogP contribution in [0.25, 0.3) is 0 Å². The Bertz CT molecular complexity index is 440. The molecule has 2 aliphatic rings. The van der Waals surface area contributed by atoms with Crippen molar-refractivity contribution in [1.29, 1.82) is 0 Å². The molecule has 1 heterocycles. The highest BCUT2D eigenvalue weighted by Crippen LogP contribution is 2.40. The van der Waals surface area contributed by atoms with Gasteiger partial charge in [0.25, 0.3) is 0 Å². The topological polar surface area (TPSA) is 41.1 Å². The molecular weight excluding hydrogens is 248 g/mol. The van der Waals surface area contributed by atoms with Gasteiger partial charge in [-0.05, 0) is 50.3 Å². The van der Waals surface area contributed by atoms with E-state index in [1.54, 1.807) is 0 Å². The molecule has 2 N–H and O–H groups in total. The number of nitrogens with one attached hydrogen (secondary N) is 2. The second kappa shape index (κ2) is 6.40. The molecule has 2 fully saturated rings. The van der Waals surface area contributed by atoms with Crippen molar-refractivity contribution in [1.82, 2.24) is 10.6 Å². The van der Waals surface area contributed by atoms with E-state index in [1.165, 1.54) is 18.4 Å². The number of hydrogen-bond acceptors (Lipinski definition) is 2. The Morgan fingerprint density at radius 3 is 2.90 bits per heavy atom.